The molecule has 1 aromatic carbocycles. The molecule has 1 unspecified atom stereocenters. The van der Waals surface area contributed by atoms with Crippen LogP contribution in [0.25, 0.3) is 0 Å². The van der Waals surface area contributed by atoms with Crippen LogP contribution in [0.2, 0.25) is 0 Å². The number of alkyl halides is 3. The van der Waals surface area contributed by atoms with Gasteiger partial charge in [0.2, 0.25) is 0 Å². The molecular formula is C15H20F4N2. The Morgan fingerprint density at radius 1 is 1.29 bits per heavy atom. The fourth-order valence-corrected chi connectivity index (χ4v) is 2.74. The summed E-state index contributed by atoms with van der Waals surface area (Å²) in [5.74, 6) is -0.277. The van der Waals surface area contributed by atoms with E-state index in [1.807, 2.05) is 13.0 Å². The molecule has 0 amide bonds. The zero-order valence-corrected chi connectivity index (χ0v) is 12.0. The van der Waals surface area contributed by atoms with Gasteiger partial charge in [-0.05, 0) is 50.6 Å². The zero-order valence-electron chi connectivity index (χ0n) is 12.0. The second-order valence-corrected chi connectivity index (χ2v) is 5.61. The minimum atomic E-state index is -4.13. The first-order valence-corrected chi connectivity index (χ1v) is 7.14. The van der Waals surface area contributed by atoms with Crippen LogP contribution >= 0.6 is 0 Å². The van der Waals surface area contributed by atoms with E-state index < -0.39 is 12.7 Å². The van der Waals surface area contributed by atoms with Crippen molar-refractivity contribution in [1.29, 1.82) is 0 Å². The first-order valence-electron chi connectivity index (χ1n) is 7.14. The Balaban J connectivity index is 1.81. The molecule has 1 aliphatic heterocycles. The van der Waals surface area contributed by atoms with Crippen LogP contribution in [-0.4, -0.2) is 36.8 Å². The maximum Gasteiger partial charge on any atom is 0.401 e. The minimum absolute atomic E-state index is 0.0140. The molecule has 0 saturated carbocycles. The van der Waals surface area contributed by atoms with E-state index in [1.54, 1.807) is 6.07 Å². The standard InChI is InChI=1S/C15H20F4N2/c1-11(12-3-2-4-13(16)9-12)20-14-5-7-21(8-6-14)10-15(17,18)19/h2-4,9,11,14,20H,5-8,10H2,1H3. The predicted molar refractivity (Wildman–Crippen MR) is 73.5 cm³/mol. The van der Waals surface area contributed by atoms with E-state index in [2.05, 4.69) is 5.32 Å². The summed E-state index contributed by atoms with van der Waals surface area (Å²) in [6, 6.07) is 6.55. The van der Waals surface area contributed by atoms with Crippen LogP contribution in [0.4, 0.5) is 17.6 Å². The molecule has 0 spiro atoms. The molecule has 0 radical (unpaired) electrons. The maximum atomic E-state index is 13.2. The Hall–Kier alpha value is -1.14. The Morgan fingerprint density at radius 3 is 2.52 bits per heavy atom. The summed E-state index contributed by atoms with van der Waals surface area (Å²) in [5.41, 5.74) is 0.854. The third-order valence-corrected chi connectivity index (χ3v) is 3.82. The van der Waals surface area contributed by atoms with Crippen LogP contribution in [0.5, 0.6) is 0 Å². The van der Waals surface area contributed by atoms with E-state index in [-0.39, 0.29) is 17.9 Å². The molecule has 6 heteroatoms. The SMILES string of the molecule is CC(NC1CCN(CC(F)(F)F)CC1)c1cccc(F)c1. The van der Waals surface area contributed by atoms with E-state index in [0.717, 1.165) is 5.56 Å². The Labute approximate surface area is 122 Å². The van der Waals surface area contributed by atoms with Crippen molar-refractivity contribution in [2.45, 2.75) is 38.0 Å². The lowest BCUT2D eigenvalue weighted by atomic mass is 10.0. The molecule has 0 aliphatic carbocycles. The highest BCUT2D eigenvalue weighted by Crippen LogP contribution is 2.21. The fraction of sp³-hybridized carbons (Fsp3) is 0.600. The number of nitrogens with one attached hydrogen (secondary N) is 1. The highest BCUT2D eigenvalue weighted by molar-refractivity contribution is 5.19. The number of halogens is 4. The smallest absolute Gasteiger partial charge is 0.307 e. The van der Waals surface area contributed by atoms with Gasteiger partial charge >= 0.3 is 6.18 Å². The molecule has 2 rings (SSSR count). The molecule has 1 saturated heterocycles. The van der Waals surface area contributed by atoms with Gasteiger partial charge in [0.1, 0.15) is 5.82 Å². The summed E-state index contributed by atoms with van der Waals surface area (Å²) in [5, 5.41) is 3.37. The Morgan fingerprint density at radius 2 is 1.95 bits per heavy atom. The number of hydrogen-bond donors (Lipinski definition) is 1. The molecule has 1 N–H and O–H groups in total. The average molecular weight is 304 g/mol. The number of hydrogen-bond acceptors (Lipinski definition) is 2. The maximum absolute atomic E-state index is 13.2. The van der Waals surface area contributed by atoms with E-state index in [1.165, 1.54) is 17.0 Å². The topological polar surface area (TPSA) is 15.3 Å². The average Bonchev–Trinajstić information content (AvgIpc) is 2.39. The van der Waals surface area contributed by atoms with Crippen molar-refractivity contribution in [1.82, 2.24) is 10.2 Å². The number of benzene rings is 1. The number of rotatable bonds is 4. The van der Waals surface area contributed by atoms with Gasteiger partial charge in [0.15, 0.2) is 0 Å². The quantitative estimate of drug-likeness (QED) is 0.857. The normalized spacial score (nSPS) is 19.7. The van der Waals surface area contributed by atoms with Gasteiger partial charge in [0.05, 0.1) is 6.54 Å². The van der Waals surface area contributed by atoms with Crippen LogP contribution in [-0.2, 0) is 0 Å². The Bertz CT molecular complexity index is 453. The number of likely N-dealkylation sites (tertiary alicyclic amines) is 1. The second kappa shape index (κ2) is 6.75. The third kappa shape index (κ3) is 5.28. The zero-order chi connectivity index (χ0) is 15.5. The van der Waals surface area contributed by atoms with Crippen molar-refractivity contribution in [2.75, 3.05) is 19.6 Å². The summed E-state index contributed by atoms with van der Waals surface area (Å²) in [6.07, 6.45) is -2.78. The van der Waals surface area contributed by atoms with Crippen molar-refractivity contribution in [3.8, 4) is 0 Å². The van der Waals surface area contributed by atoms with Crippen molar-refractivity contribution in [3.63, 3.8) is 0 Å². The van der Waals surface area contributed by atoms with E-state index in [4.69, 9.17) is 0 Å². The van der Waals surface area contributed by atoms with Crippen molar-refractivity contribution < 1.29 is 17.6 Å². The van der Waals surface area contributed by atoms with Gasteiger partial charge in [0, 0.05) is 12.1 Å². The van der Waals surface area contributed by atoms with Crippen molar-refractivity contribution >= 4 is 0 Å². The van der Waals surface area contributed by atoms with Crippen LogP contribution in [0, 0.1) is 5.82 Å². The van der Waals surface area contributed by atoms with Crippen LogP contribution in [0.3, 0.4) is 0 Å². The van der Waals surface area contributed by atoms with E-state index >= 15 is 0 Å². The van der Waals surface area contributed by atoms with Gasteiger partial charge in [-0.15, -0.1) is 0 Å². The summed E-state index contributed by atoms with van der Waals surface area (Å²) in [6.45, 7) is 1.98. The number of piperidine rings is 1. The molecule has 118 valence electrons. The van der Waals surface area contributed by atoms with Crippen LogP contribution in [0.15, 0.2) is 24.3 Å². The molecular weight excluding hydrogens is 284 g/mol. The van der Waals surface area contributed by atoms with Crippen LogP contribution in [0.1, 0.15) is 31.4 Å². The molecule has 21 heavy (non-hydrogen) atoms. The fourth-order valence-electron chi connectivity index (χ4n) is 2.74. The highest BCUT2D eigenvalue weighted by Gasteiger charge is 2.32. The van der Waals surface area contributed by atoms with Crippen molar-refractivity contribution in [3.05, 3.63) is 35.6 Å². The van der Waals surface area contributed by atoms with Gasteiger partial charge < -0.3 is 5.32 Å². The predicted octanol–water partition coefficient (Wildman–Crippen LogP) is 3.50. The first kappa shape index (κ1) is 16.2. The first-order chi connectivity index (χ1) is 9.83. The van der Waals surface area contributed by atoms with Gasteiger partial charge in [-0.3, -0.25) is 4.90 Å². The molecule has 1 atom stereocenters. The van der Waals surface area contributed by atoms with Gasteiger partial charge in [0.25, 0.3) is 0 Å². The van der Waals surface area contributed by atoms with E-state index in [9.17, 15) is 17.6 Å². The Kier molecular flexibility index (Phi) is 5.22. The molecule has 0 bridgehead atoms. The monoisotopic (exact) mass is 304 g/mol. The van der Waals surface area contributed by atoms with Gasteiger partial charge in [-0.1, -0.05) is 12.1 Å². The second-order valence-electron chi connectivity index (χ2n) is 5.61. The largest absolute Gasteiger partial charge is 0.401 e. The summed E-state index contributed by atoms with van der Waals surface area (Å²) in [4.78, 5) is 1.44. The molecule has 1 heterocycles. The lowest BCUT2D eigenvalue weighted by molar-refractivity contribution is -0.148. The molecule has 1 fully saturated rings. The molecule has 2 nitrogen and oxygen atoms in total. The lowest BCUT2D eigenvalue weighted by Gasteiger charge is -2.34. The molecule has 1 aliphatic rings. The summed E-state index contributed by atoms with van der Waals surface area (Å²) in [7, 11) is 0. The molecule has 0 aromatic heterocycles. The highest BCUT2D eigenvalue weighted by atomic mass is 19.4. The van der Waals surface area contributed by atoms with Gasteiger partial charge in [-0.25, -0.2) is 4.39 Å². The van der Waals surface area contributed by atoms with Crippen LogP contribution < -0.4 is 5.32 Å². The lowest BCUT2D eigenvalue weighted by Crippen LogP contribution is -2.46. The minimum Gasteiger partial charge on any atom is -0.307 e. The summed E-state index contributed by atoms with van der Waals surface area (Å²) >= 11 is 0. The molecule has 1 aromatic rings. The van der Waals surface area contributed by atoms with Crippen molar-refractivity contribution in [2.24, 2.45) is 0 Å². The number of nitrogens with zero attached hydrogens (tertiary/aromatic N) is 1. The summed E-state index contributed by atoms with van der Waals surface area (Å²) < 4.78 is 50.1. The van der Waals surface area contributed by atoms with E-state index in [0.29, 0.717) is 25.9 Å². The third-order valence-electron chi connectivity index (χ3n) is 3.82. The van der Waals surface area contributed by atoms with Gasteiger partial charge in [-0.2, -0.15) is 13.2 Å².